The quantitative estimate of drug-likeness (QED) is 0.510. The molecule has 2 aromatic carbocycles. The summed E-state index contributed by atoms with van der Waals surface area (Å²) in [6, 6.07) is 4.66. The van der Waals surface area contributed by atoms with Gasteiger partial charge in [-0.15, -0.1) is 13.2 Å². The van der Waals surface area contributed by atoms with Gasteiger partial charge in [0.15, 0.2) is 0 Å². The van der Waals surface area contributed by atoms with Crippen LogP contribution < -0.4 is 4.74 Å². The molecule has 4 nitrogen and oxygen atoms in total. The van der Waals surface area contributed by atoms with Gasteiger partial charge >= 0.3 is 12.4 Å². The number of hydrogen-bond donors (Lipinski definition) is 1. The lowest BCUT2D eigenvalue weighted by atomic mass is 9.99. The highest BCUT2D eigenvalue weighted by atomic mass is 35.5. The summed E-state index contributed by atoms with van der Waals surface area (Å²) in [5.41, 5.74) is 0.474. The Bertz CT molecular complexity index is 986. The van der Waals surface area contributed by atoms with Gasteiger partial charge in [-0.05, 0) is 35.9 Å². The topological polar surface area (TPSA) is 55.0 Å². The van der Waals surface area contributed by atoms with Crippen LogP contribution >= 0.6 is 11.6 Å². The maximum atomic E-state index is 13.6. The van der Waals surface area contributed by atoms with E-state index < -0.39 is 34.9 Å². The zero-order valence-electron chi connectivity index (χ0n) is 12.6. The van der Waals surface area contributed by atoms with Crippen LogP contribution in [0.25, 0.3) is 11.0 Å². The monoisotopic (exact) mass is 390 g/mol. The van der Waals surface area contributed by atoms with Crippen molar-refractivity contribution in [3.05, 3.63) is 58.6 Å². The van der Waals surface area contributed by atoms with Crippen molar-refractivity contribution in [2.75, 3.05) is 0 Å². The van der Waals surface area contributed by atoms with E-state index in [1.807, 2.05) is 0 Å². The largest absolute Gasteiger partial charge is 0.573 e. The molecule has 26 heavy (non-hydrogen) atoms. The van der Waals surface area contributed by atoms with Gasteiger partial charge in [0.05, 0.1) is 16.1 Å². The zero-order chi connectivity index (χ0) is 19.1. The van der Waals surface area contributed by atoms with Crippen molar-refractivity contribution in [2.24, 2.45) is 0 Å². The lowest BCUT2D eigenvalue weighted by Crippen LogP contribution is -2.17. The van der Waals surface area contributed by atoms with Crippen LogP contribution in [-0.4, -0.2) is 22.4 Å². The fraction of sp³-hybridized carbons (Fsp3) is 0.125. The van der Waals surface area contributed by atoms with E-state index in [-0.39, 0.29) is 22.4 Å². The Labute approximate surface area is 147 Å². The molecule has 0 fully saturated rings. The Morgan fingerprint density at radius 1 is 1.19 bits per heavy atom. The van der Waals surface area contributed by atoms with E-state index in [0.29, 0.717) is 0 Å². The maximum absolute atomic E-state index is 13.6. The second-order valence-electron chi connectivity index (χ2n) is 5.26. The number of imidazole rings is 1. The molecule has 136 valence electrons. The predicted molar refractivity (Wildman–Crippen MR) is 82.1 cm³/mol. The first-order valence-electron chi connectivity index (χ1n) is 7.04. The molecular formula is C16H8ClF5N2O2. The van der Waals surface area contributed by atoms with Crippen LogP contribution in [0.3, 0.4) is 0 Å². The molecule has 1 unspecified atom stereocenters. The normalized spacial score (nSPS) is 13.0. The van der Waals surface area contributed by atoms with E-state index in [9.17, 15) is 26.7 Å². The molecule has 0 saturated heterocycles. The van der Waals surface area contributed by atoms with Gasteiger partial charge in [0.1, 0.15) is 23.3 Å². The van der Waals surface area contributed by atoms with Crippen molar-refractivity contribution in [1.82, 2.24) is 9.97 Å². The third kappa shape index (κ3) is 3.77. The molecule has 3 rings (SSSR count). The third-order valence-electron chi connectivity index (χ3n) is 3.48. The Morgan fingerprint density at radius 3 is 2.54 bits per heavy atom. The number of nitrogens with zero attached hydrogens (tertiary/aromatic N) is 1. The Kier molecular flexibility index (Phi) is 4.57. The average Bonchev–Trinajstić information content (AvgIpc) is 2.90. The second kappa shape index (κ2) is 6.56. The number of nitrogens with one attached hydrogen (secondary N) is 1. The Balaban J connectivity index is 2.02. The van der Waals surface area contributed by atoms with Gasteiger partial charge in [-0.2, -0.15) is 4.39 Å². The zero-order valence-corrected chi connectivity index (χ0v) is 13.3. The molecule has 3 aromatic rings. The molecule has 10 heteroatoms. The van der Waals surface area contributed by atoms with Crippen molar-refractivity contribution in [3.63, 3.8) is 0 Å². The standard InChI is InChI=1S/C16H8ClF5N2O2/c17-9-5-7(1-4-12(9)26-16(20,21)22)13(14(19)25)15-23-10-3-2-8(18)6-11(10)24-15/h1-6,13H,(H,23,24). The van der Waals surface area contributed by atoms with Crippen molar-refractivity contribution in [1.29, 1.82) is 0 Å². The number of fused-ring (bicyclic) bond motifs is 1. The molecule has 0 aliphatic rings. The first-order chi connectivity index (χ1) is 12.1. The molecule has 1 heterocycles. The molecule has 1 aromatic heterocycles. The Morgan fingerprint density at radius 2 is 1.92 bits per heavy atom. The highest BCUT2D eigenvalue weighted by molar-refractivity contribution is 6.32. The van der Waals surface area contributed by atoms with Gasteiger partial charge in [-0.3, -0.25) is 4.79 Å². The summed E-state index contributed by atoms with van der Waals surface area (Å²) in [4.78, 5) is 18.1. The van der Waals surface area contributed by atoms with Crippen LogP contribution in [-0.2, 0) is 4.79 Å². The Hall–Kier alpha value is -2.68. The number of ether oxygens (including phenoxy) is 1. The minimum absolute atomic E-state index is 0.0449. The maximum Gasteiger partial charge on any atom is 0.573 e. The van der Waals surface area contributed by atoms with Crippen molar-refractivity contribution in [2.45, 2.75) is 12.3 Å². The summed E-state index contributed by atoms with van der Waals surface area (Å²) >= 11 is 5.73. The molecular weight excluding hydrogens is 383 g/mol. The number of carbonyl (C=O) groups excluding carboxylic acids is 1. The highest BCUT2D eigenvalue weighted by Crippen LogP contribution is 2.35. The SMILES string of the molecule is O=C(F)C(c1ccc(OC(F)(F)F)c(Cl)c1)c1nc2ccc(F)cc2[nH]1. The van der Waals surface area contributed by atoms with Crippen molar-refractivity contribution < 1.29 is 31.5 Å². The van der Waals surface area contributed by atoms with E-state index in [1.165, 1.54) is 6.07 Å². The summed E-state index contributed by atoms with van der Waals surface area (Å²) < 4.78 is 67.4. The molecule has 0 saturated carbocycles. The average molecular weight is 391 g/mol. The van der Waals surface area contributed by atoms with Crippen molar-refractivity contribution in [3.8, 4) is 5.75 Å². The first-order valence-corrected chi connectivity index (χ1v) is 7.41. The molecule has 0 aliphatic carbocycles. The lowest BCUT2D eigenvalue weighted by molar-refractivity contribution is -0.274. The highest BCUT2D eigenvalue weighted by Gasteiger charge is 2.33. The number of halogens is 6. The van der Waals surface area contributed by atoms with Crippen molar-refractivity contribution >= 4 is 28.7 Å². The van der Waals surface area contributed by atoms with E-state index in [0.717, 1.165) is 30.3 Å². The number of aromatic nitrogens is 2. The summed E-state index contributed by atoms with van der Waals surface area (Å²) in [6.07, 6.45) is -4.96. The van der Waals surface area contributed by atoms with E-state index in [1.54, 1.807) is 0 Å². The van der Waals surface area contributed by atoms with Crippen LogP contribution in [0.15, 0.2) is 36.4 Å². The van der Waals surface area contributed by atoms with Gasteiger partial charge < -0.3 is 9.72 Å². The molecule has 1 N–H and O–H groups in total. The van der Waals surface area contributed by atoms with Crippen LogP contribution in [0.2, 0.25) is 5.02 Å². The molecule has 0 spiro atoms. The number of rotatable bonds is 4. The minimum Gasteiger partial charge on any atom is -0.404 e. The number of alkyl halides is 3. The fourth-order valence-corrected chi connectivity index (χ4v) is 2.67. The summed E-state index contributed by atoms with van der Waals surface area (Å²) in [5.74, 6) is -2.96. The molecule has 0 aliphatic heterocycles. The van der Waals surface area contributed by atoms with Gasteiger partial charge in [-0.1, -0.05) is 17.7 Å². The second-order valence-corrected chi connectivity index (χ2v) is 5.67. The molecule has 0 radical (unpaired) electrons. The summed E-state index contributed by atoms with van der Waals surface area (Å²) in [6.45, 7) is 0. The predicted octanol–water partition coefficient (Wildman–Crippen LogP) is 4.88. The number of benzene rings is 2. The molecule has 1 atom stereocenters. The summed E-state index contributed by atoms with van der Waals surface area (Å²) in [7, 11) is 0. The van der Waals surface area contributed by atoms with Crippen LogP contribution in [0.1, 0.15) is 17.3 Å². The van der Waals surface area contributed by atoms with Crippen LogP contribution in [0, 0.1) is 5.82 Å². The number of carbonyl (C=O) groups is 1. The smallest absolute Gasteiger partial charge is 0.404 e. The van der Waals surface area contributed by atoms with Gasteiger partial charge in [0.2, 0.25) is 0 Å². The van der Waals surface area contributed by atoms with Crippen LogP contribution in [0.5, 0.6) is 5.75 Å². The van der Waals surface area contributed by atoms with Gasteiger partial charge in [0, 0.05) is 0 Å². The number of H-pyrrole nitrogens is 1. The number of hydrogen-bond acceptors (Lipinski definition) is 3. The van der Waals surface area contributed by atoms with Gasteiger partial charge in [-0.25, -0.2) is 9.37 Å². The third-order valence-corrected chi connectivity index (χ3v) is 3.77. The van der Waals surface area contributed by atoms with Gasteiger partial charge in [0.25, 0.3) is 0 Å². The van der Waals surface area contributed by atoms with E-state index in [4.69, 9.17) is 11.6 Å². The minimum atomic E-state index is -4.96. The molecule has 0 amide bonds. The lowest BCUT2D eigenvalue weighted by Gasteiger charge is -2.13. The first kappa shape index (κ1) is 18.1. The number of aromatic amines is 1. The molecule has 0 bridgehead atoms. The van der Waals surface area contributed by atoms with Crippen LogP contribution in [0.4, 0.5) is 22.0 Å². The van der Waals surface area contributed by atoms with E-state index >= 15 is 0 Å². The summed E-state index contributed by atoms with van der Waals surface area (Å²) in [5, 5.41) is -0.465. The van der Waals surface area contributed by atoms with E-state index in [2.05, 4.69) is 14.7 Å². The fourth-order valence-electron chi connectivity index (χ4n) is 2.44.